The molecule has 5 aromatic rings. The van der Waals surface area contributed by atoms with Crippen LogP contribution in [0.1, 0.15) is 5.56 Å². The predicted octanol–water partition coefficient (Wildman–Crippen LogP) is 5.90. The molecule has 9 heteroatoms. The van der Waals surface area contributed by atoms with E-state index in [2.05, 4.69) is 15.5 Å². The minimum absolute atomic E-state index is 0.0807. The zero-order valence-electron chi connectivity index (χ0n) is 19.7. The van der Waals surface area contributed by atoms with Crippen LogP contribution in [0.5, 0.6) is 11.5 Å². The molecule has 0 saturated heterocycles. The lowest BCUT2D eigenvalue weighted by Gasteiger charge is -2.16. The van der Waals surface area contributed by atoms with Crippen LogP contribution in [0.3, 0.4) is 0 Å². The van der Waals surface area contributed by atoms with Crippen molar-refractivity contribution in [3.63, 3.8) is 0 Å². The molecule has 0 aliphatic rings. The monoisotopic (exact) mass is 514 g/mol. The summed E-state index contributed by atoms with van der Waals surface area (Å²) in [5, 5.41) is 22.1. The van der Waals surface area contributed by atoms with Crippen LogP contribution in [0, 0.1) is 0 Å². The SMILES string of the molecule is O=C(O)Cc1ccc(OCCOc2ccc(Cl)cc2-n2nc3ccccc3n2)c(Nc2ccccc2)c1. The van der Waals surface area contributed by atoms with Crippen molar-refractivity contribution in [2.75, 3.05) is 18.5 Å². The van der Waals surface area contributed by atoms with Crippen molar-refractivity contribution in [1.82, 2.24) is 15.0 Å². The van der Waals surface area contributed by atoms with E-state index in [4.69, 9.17) is 21.1 Å². The van der Waals surface area contributed by atoms with Gasteiger partial charge in [-0.1, -0.05) is 48.0 Å². The highest BCUT2D eigenvalue weighted by Gasteiger charge is 2.13. The number of hydrogen-bond donors (Lipinski definition) is 2. The maximum Gasteiger partial charge on any atom is 0.307 e. The quantitative estimate of drug-likeness (QED) is 0.224. The molecule has 0 saturated carbocycles. The number of para-hydroxylation sites is 1. The average molecular weight is 515 g/mol. The van der Waals surface area contributed by atoms with Crippen LogP contribution in [0.4, 0.5) is 11.4 Å². The lowest BCUT2D eigenvalue weighted by molar-refractivity contribution is -0.136. The number of halogens is 1. The molecule has 0 atom stereocenters. The van der Waals surface area contributed by atoms with Gasteiger partial charge in [0.25, 0.3) is 0 Å². The molecule has 0 bridgehead atoms. The highest BCUT2D eigenvalue weighted by molar-refractivity contribution is 6.30. The summed E-state index contributed by atoms with van der Waals surface area (Å²) in [7, 11) is 0. The zero-order valence-corrected chi connectivity index (χ0v) is 20.4. The molecule has 37 heavy (non-hydrogen) atoms. The second kappa shape index (κ2) is 11.0. The molecule has 0 radical (unpaired) electrons. The first-order chi connectivity index (χ1) is 18.0. The lowest BCUT2D eigenvalue weighted by atomic mass is 10.1. The molecule has 0 aliphatic heterocycles. The number of carboxylic acid groups (broad SMARTS) is 1. The predicted molar refractivity (Wildman–Crippen MR) is 142 cm³/mol. The standard InChI is InChI=1S/C28H23ClN4O4/c29-20-11-13-27(25(18-20)33-31-22-8-4-5-9-23(22)32-33)37-15-14-36-26-12-10-19(17-28(34)35)16-24(26)30-21-6-2-1-3-7-21/h1-13,16,18,30H,14-15,17H2,(H,34,35). The molecule has 1 heterocycles. The van der Waals surface area contributed by atoms with Crippen molar-refractivity contribution in [3.8, 4) is 17.2 Å². The third-order valence-corrected chi connectivity index (χ3v) is 5.71. The van der Waals surface area contributed by atoms with Gasteiger partial charge < -0.3 is 19.9 Å². The summed E-state index contributed by atoms with van der Waals surface area (Å²) >= 11 is 6.24. The van der Waals surface area contributed by atoms with Gasteiger partial charge in [0, 0.05) is 10.7 Å². The summed E-state index contributed by atoms with van der Waals surface area (Å²) in [6.07, 6.45) is -0.0807. The van der Waals surface area contributed by atoms with Gasteiger partial charge in [-0.15, -0.1) is 15.0 Å². The zero-order chi connectivity index (χ0) is 25.6. The number of rotatable bonds is 10. The minimum Gasteiger partial charge on any atom is -0.488 e. The lowest BCUT2D eigenvalue weighted by Crippen LogP contribution is -2.12. The number of nitrogens with one attached hydrogen (secondary N) is 1. The Morgan fingerprint density at radius 2 is 1.49 bits per heavy atom. The first-order valence-corrected chi connectivity index (χ1v) is 12.0. The van der Waals surface area contributed by atoms with Crippen LogP contribution in [-0.2, 0) is 11.2 Å². The summed E-state index contributed by atoms with van der Waals surface area (Å²) in [6, 6.07) is 27.7. The molecule has 1 aromatic heterocycles. The van der Waals surface area contributed by atoms with E-state index < -0.39 is 5.97 Å². The first-order valence-electron chi connectivity index (χ1n) is 11.6. The van der Waals surface area contributed by atoms with Crippen molar-refractivity contribution in [2.24, 2.45) is 0 Å². The number of fused-ring (bicyclic) bond motifs is 1. The molecule has 2 N–H and O–H groups in total. The third kappa shape index (κ3) is 5.99. The van der Waals surface area contributed by atoms with Crippen LogP contribution in [0.25, 0.3) is 16.7 Å². The molecule has 0 amide bonds. The molecule has 4 aromatic carbocycles. The molecule has 8 nitrogen and oxygen atoms in total. The Hall–Kier alpha value is -4.56. The van der Waals surface area contributed by atoms with E-state index in [0.29, 0.717) is 33.5 Å². The molecule has 0 unspecified atom stereocenters. The van der Waals surface area contributed by atoms with E-state index in [1.807, 2.05) is 54.6 Å². The van der Waals surface area contributed by atoms with Gasteiger partial charge in [-0.25, -0.2) is 0 Å². The fourth-order valence-electron chi connectivity index (χ4n) is 3.80. The van der Waals surface area contributed by atoms with Crippen LogP contribution >= 0.6 is 11.6 Å². The number of anilines is 2. The molecule has 0 fully saturated rings. The summed E-state index contributed by atoms with van der Waals surface area (Å²) in [6.45, 7) is 0.495. The Labute approximate surface area is 218 Å². The number of aliphatic carboxylic acids is 1. The van der Waals surface area contributed by atoms with E-state index in [1.165, 1.54) is 4.80 Å². The van der Waals surface area contributed by atoms with Crippen molar-refractivity contribution >= 4 is 40.0 Å². The topological polar surface area (TPSA) is 98.5 Å². The highest BCUT2D eigenvalue weighted by atomic mass is 35.5. The van der Waals surface area contributed by atoms with Crippen LogP contribution in [-0.4, -0.2) is 39.3 Å². The molecular formula is C28H23ClN4O4. The van der Waals surface area contributed by atoms with E-state index in [1.54, 1.807) is 36.4 Å². The third-order valence-electron chi connectivity index (χ3n) is 5.47. The summed E-state index contributed by atoms with van der Waals surface area (Å²) in [5.41, 5.74) is 4.35. The number of aromatic nitrogens is 3. The minimum atomic E-state index is -0.897. The average Bonchev–Trinajstić information content (AvgIpc) is 3.33. The van der Waals surface area contributed by atoms with Crippen molar-refractivity contribution in [1.29, 1.82) is 0 Å². The van der Waals surface area contributed by atoms with Gasteiger partial charge in [0.1, 0.15) is 41.4 Å². The summed E-state index contributed by atoms with van der Waals surface area (Å²) in [4.78, 5) is 12.7. The second-order valence-electron chi connectivity index (χ2n) is 8.18. The number of benzene rings is 4. The second-order valence-corrected chi connectivity index (χ2v) is 8.62. The maximum absolute atomic E-state index is 11.2. The number of carboxylic acids is 1. The van der Waals surface area contributed by atoms with Gasteiger partial charge in [0.05, 0.1) is 12.1 Å². The van der Waals surface area contributed by atoms with Crippen molar-refractivity contribution in [3.05, 3.63) is 102 Å². The Kier molecular flexibility index (Phi) is 7.19. The Balaban J connectivity index is 1.30. The van der Waals surface area contributed by atoms with Crippen LogP contribution in [0.2, 0.25) is 5.02 Å². The number of ether oxygens (including phenoxy) is 2. The van der Waals surface area contributed by atoms with Gasteiger partial charge in [0.15, 0.2) is 0 Å². The van der Waals surface area contributed by atoms with E-state index in [0.717, 1.165) is 16.7 Å². The van der Waals surface area contributed by atoms with Gasteiger partial charge >= 0.3 is 5.97 Å². The Morgan fingerprint density at radius 1 is 0.838 bits per heavy atom. The summed E-state index contributed by atoms with van der Waals surface area (Å²) < 4.78 is 12.0. The summed E-state index contributed by atoms with van der Waals surface area (Å²) in [5.74, 6) is 0.247. The normalized spacial score (nSPS) is 10.8. The van der Waals surface area contributed by atoms with E-state index in [-0.39, 0.29) is 19.6 Å². The van der Waals surface area contributed by atoms with Crippen LogP contribution in [0.15, 0.2) is 91.0 Å². The highest BCUT2D eigenvalue weighted by Crippen LogP contribution is 2.30. The van der Waals surface area contributed by atoms with Crippen molar-refractivity contribution < 1.29 is 19.4 Å². The van der Waals surface area contributed by atoms with Gasteiger partial charge in [-0.05, 0) is 60.2 Å². The van der Waals surface area contributed by atoms with E-state index in [9.17, 15) is 9.90 Å². The fraction of sp³-hybridized carbons (Fsp3) is 0.107. The Bertz CT molecular complexity index is 1510. The van der Waals surface area contributed by atoms with E-state index >= 15 is 0 Å². The molecule has 0 aliphatic carbocycles. The smallest absolute Gasteiger partial charge is 0.307 e. The molecule has 186 valence electrons. The van der Waals surface area contributed by atoms with Crippen molar-refractivity contribution in [2.45, 2.75) is 6.42 Å². The Morgan fingerprint density at radius 3 is 2.19 bits per heavy atom. The number of nitrogens with zero attached hydrogens (tertiary/aromatic N) is 3. The molecule has 0 spiro atoms. The number of hydrogen-bond acceptors (Lipinski definition) is 6. The maximum atomic E-state index is 11.2. The first kappa shape index (κ1) is 24.1. The van der Waals surface area contributed by atoms with Crippen LogP contribution < -0.4 is 14.8 Å². The van der Waals surface area contributed by atoms with Gasteiger partial charge in [0.2, 0.25) is 0 Å². The van der Waals surface area contributed by atoms with Gasteiger partial charge in [-0.3, -0.25) is 4.79 Å². The number of carbonyl (C=O) groups is 1. The van der Waals surface area contributed by atoms with Gasteiger partial charge in [-0.2, -0.15) is 0 Å². The molecule has 5 rings (SSSR count). The fourth-order valence-corrected chi connectivity index (χ4v) is 3.97. The molecular weight excluding hydrogens is 492 g/mol. The largest absolute Gasteiger partial charge is 0.488 e.